The van der Waals surface area contributed by atoms with E-state index in [1.54, 1.807) is 15.5 Å². The first kappa shape index (κ1) is 19.0. The lowest BCUT2D eigenvalue weighted by Gasteiger charge is -2.17. The normalized spacial score (nSPS) is 12.5. The van der Waals surface area contributed by atoms with E-state index in [-0.39, 0.29) is 17.6 Å². The van der Waals surface area contributed by atoms with Crippen molar-refractivity contribution in [2.75, 3.05) is 5.32 Å². The predicted molar refractivity (Wildman–Crippen MR) is 115 cm³/mol. The molecule has 2 aromatic carbocycles. The Balaban J connectivity index is 1.68. The van der Waals surface area contributed by atoms with Crippen LogP contribution in [0.2, 0.25) is 0 Å². The first-order valence-electron chi connectivity index (χ1n) is 10.0. The van der Waals surface area contributed by atoms with Crippen LogP contribution in [-0.2, 0) is 17.9 Å². The zero-order valence-electron chi connectivity index (χ0n) is 16.9. The quantitative estimate of drug-likeness (QED) is 0.544. The SMILES string of the molecule is CC[C@H](C(=O)Nc1ccc2c(c1)n(CC)c(=O)n2CC)n1cnc2ccccc21. The number of hydrogen-bond donors (Lipinski definition) is 1. The van der Waals surface area contributed by atoms with Crippen molar-refractivity contribution in [3.05, 3.63) is 59.3 Å². The van der Waals surface area contributed by atoms with Gasteiger partial charge >= 0.3 is 5.69 Å². The van der Waals surface area contributed by atoms with Gasteiger partial charge in [0, 0.05) is 18.8 Å². The van der Waals surface area contributed by atoms with Crippen LogP contribution < -0.4 is 11.0 Å². The smallest absolute Gasteiger partial charge is 0.324 e. The van der Waals surface area contributed by atoms with Crippen molar-refractivity contribution in [1.82, 2.24) is 18.7 Å². The topological polar surface area (TPSA) is 73.8 Å². The summed E-state index contributed by atoms with van der Waals surface area (Å²) in [5, 5.41) is 3.02. The molecule has 1 amide bonds. The molecule has 0 saturated heterocycles. The summed E-state index contributed by atoms with van der Waals surface area (Å²) in [5.41, 5.74) is 4.17. The number of carbonyl (C=O) groups is 1. The molecule has 0 unspecified atom stereocenters. The van der Waals surface area contributed by atoms with Gasteiger partial charge in [-0.25, -0.2) is 9.78 Å². The molecule has 0 aliphatic rings. The molecule has 29 heavy (non-hydrogen) atoms. The van der Waals surface area contributed by atoms with E-state index >= 15 is 0 Å². The molecule has 1 N–H and O–H groups in total. The third-order valence-electron chi connectivity index (χ3n) is 5.43. The minimum Gasteiger partial charge on any atom is -0.324 e. The number of hydrogen-bond acceptors (Lipinski definition) is 3. The van der Waals surface area contributed by atoms with Crippen molar-refractivity contribution < 1.29 is 4.79 Å². The van der Waals surface area contributed by atoms with Gasteiger partial charge in [-0.3, -0.25) is 13.9 Å². The Morgan fingerprint density at radius 1 is 1.00 bits per heavy atom. The van der Waals surface area contributed by atoms with Crippen LogP contribution in [0.3, 0.4) is 0 Å². The Bertz CT molecular complexity index is 1250. The first-order valence-corrected chi connectivity index (χ1v) is 10.0. The summed E-state index contributed by atoms with van der Waals surface area (Å²) in [5.74, 6) is -0.102. The average molecular weight is 391 g/mol. The summed E-state index contributed by atoms with van der Waals surface area (Å²) in [6, 6.07) is 13.0. The minimum atomic E-state index is -0.369. The highest BCUT2D eigenvalue weighted by Crippen LogP contribution is 2.23. The van der Waals surface area contributed by atoms with Gasteiger partial charge in [-0.15, -0.1) is 0 Å². The highest BCUT2D eigenvalue weighted by atomic mass is 16.2. The fraction of sp³-hybridized carbons (Fsp3) is 0.318. The lowest BCUT2D eigenvalue weighted by atomic mass is 10.2. The lowest BCUT2D eigenvalue weighted by molar-refractivity contribution is -0.119. The zero-order chi connectivity index (χ0) is 20.5. The maximum absolute atomic E-state index is 13.1. The van der Waals surface area contributed by atoms with Gasteiger partial charge in [-0.2, -0.15) is 0 Å². The van der Waals surface area contributed by atoms with Crippen LogP contribution >= 0.6 is 0 Å². The number of nitrogens with zero attached hydrogens (tertiary/aromatic N) is 4. The summed E-state index contributed by atoms with van der Waals surface area (Å²) < 4.78 is 5.39. The number of nitrogens with one attached hydrogen (secondary N) is 1. The minimum absolute atomic E-state index is 0.0233. The number of aromatic nitrogens is 4. The van der Waals surface area contributed by atoms with Gasteiger partial charge < -0.3 is 9.88 Å². The van der Waals surface area contributed by atoms with Crippen molar-refractivity contribution in [1.29, 1.82) is 0 Å². The number of benzene rings is 2. The van der Waals surface area contributed by atoms with Crippen molar-refractivity contribution in [2.45, 2.75) is 46.3 Å². The number of carbonyl (C=O) groups excluding carboxylic acids is 1. The van der Waals surface area contributed by atoms with E-state index in [2.05, 4.69) is 10.3 Å². The van der Waals surface area contributed by atoms with Crippen molar-refractivity contribution >= 4 is 33.7 Å². The van der Waals surface area contributed by atoms with E-state index in [0.29, 0.717) is 25.2 Å². The number of rotatable bonds is 6. The molecule has 0 spiro atoms. The number of imidazole rings is 2. The highest BCUT2D eigenvalue weighted by Gasteiger charge is 2.21. The third kappa shape index (κ3) is 3.12. The monoisotopic (exact) mass is 391 g/mol. The second-order valence-electron chi connectivity index (χ2n) is 7.03. The van der Waals surface area contributed by atoms with Gasteiger partial charge in [0.05, 0.1) is 28.4 Å². The maximum Gasteiger partial charge on any atom is 0.329 e. The first-order chi connectivity index (χ1) is 14.1. The van der Waals surface area contributed by atoms with Crippen LogP contribution in [0, 0.1) is 0 Å². The molecular formula is C22H25N5O2. The Hall–Kier alpha value is -3.35. The number of anilines is 1. The lowest BCUT2D eigenvalue weighted by Crippen LogP contribution is -2.25. The Morgan fingerprint density at radius 2 is 1.72 bits per heavy atom. The predicted octanol–water partition coefficient (Wildman–Crippen LogP) is 3.78. The number of fused-ring (bicyclic) bond motifs is 2. The Morgan fingerprint density at radius 3 is 2.45 bits per heavy atom. The van der Waals surface area contributed by atoms with Crippen molar-refractivity contribution in [3.8, 4) is 0 Å². The van der Waals surface area contributed by atoms with Crippen LogP contribution in [0.15, 0.2) is 53.6 Å². The largest absolute Gasteiger partial charge is 0.329 e. The molecule has 0 aliphatic heterocycles. The van der Waals surface area contributed by atoms with E-state index in [0.717, 1.165) is 22.1 Å². The molecule has 7 heteroatoms. The average Bonchev–Trinajstić information content (AvgIpc) is 3.26. The number of aryl methyl sites for hydroxylation is 2. The van der Waals surface area contributed by atoms with E-state index in [1.165, 1.54) is 0 Å². The van der Waals surface area contributed by atoms with Crippen LogP contribution in [0.5, 0.6) is 0 Å². The summed E-state index contributed by atoms with van der Waals surface area (Å²) >= 11 is 0. The maximum atomic E-state index is 13.1. The van der Waals surface area contributed by atoms with Crippen molar-refractivity contribution in [3.63, 3.8) is 0 Å². The Kier molecular flexibility index (Phi) is 4.96. The second kappa shape index (κ2) is 7.58. The van der Waals surface area contributed by atoms with Gasteiger partial charge in [0.25, 0.3) is 0 Å². The molecule has 0 bridgehead atoms. The van der Waals surface area contributed by atoms with Gasteiger partial charge in [0.1, 0.15) is 6.04 Å². The van der Waals surface area contributed by atoms with Gasteiger partial charge in [-0.1, -0.05) is 19.1 Å². The zero-order valence-corrected chi connectivity index (χ0v) is 16.9. The molecule has 2 aromatic heterocycles. The Labute approximate surface area is 168 Å². The highest BCUT2D eigenvalue weighted by molar-refractivity contribution is 5.96. The molecule has 4 aromatic rings. The molecule has 150 valence electrons. The standard InChI is InChI=1S/C22H25N5O2/c1-4-17(27-14-23-16-9-7-8-10-18(16)27)21(28)24-15-11-12-19-20(13-15)26(6-3)22(29)25(19)5-2/h7-14,17H,4-6H2,1-3H3,(H,24,28)/t17-/m1/s1. The van der Waals surface area contributed by atoms with E-state index in [4.69, 9.17) is 0 Å². The van der Waals surface area contributed by atoms with Gasteiger partial charge in [0.2, 0.25) is 5.91 Å². The van der Waals surface area contributed by atoms with Gasteiger partial charge in [-0.05, 0) is 50.6 Å². The molecule has 1 atom stereocenters. The molecule has 4 rings (SSSR count). The number of amides is 1. The van der Waals surface area contributed by atoms with Gasteiger partial charge in [0.15, 0.2) is 0 Å². The van der Waals surface area contributed by atoms with E-state index < -0.39 is 0 Å². The summed E-state index contributed by atoms with van der Waals surface area (Å²) in [6.45, 7) is 7.08. The van der Waals surface area contributed by atoms with Crippen molar-refractivity contribution in [2.24, 2.45) is 0 Å². The van der Waals surface area contributed by atoms with Crippen LogP contribution in [0.4, 0.5) is 5.69 Å². The summed E-state index contributed by atoms with van der Waals surface area (Å²) in [4.78, 5) is 30.0. The van der Waals surface area contributed by atoms with E-state index in [9.17, 15) is 9.59 Å². The van der Waals surface area contributed by atoms with E-state index in [1.807, 2.05) is 67.8 Å². The van der Waals surface area contributed by atoms with Crippen LogP contribution in [-0.4, -0.2) is 24.6 Å². The molecule has 7 nitrogen and oxygen atoms in total. The molecule has 0 fully saturated rings. The third-order valence-corrected chi connectivity index (χ3v) is 5.43. The summed E-state index contributed by atoms with van der Waals surface area (Å²) in [6.07, 6.45) is 2.36. The molecule has 2 heterocycles. The second-order valence-corrected chi connectivity index (χ2v) is 7.03. The summed E-state index contributed by atoms with van der Waals surface area (Å²) in [7, 11) is 0. The fourth-order valence-electron chi connectivity index (χ4n) is 3.97. The molecular weight excluding hydrogens is 366 g/mol. The fourth-order valence-corrected chi connectivity index (χ4v) is 3.97. The van der Waals surface area contributed by atoms with Crippen LogP contribution in [0.1, 0.15) is 33.2 Å². The molecule has 0 radical (unpaired) electrons. The molecule has 0 saturated carbocycles. The number of para-hydroxylation sites is 2. The van der Waals surface area contributed by atoms with Crippen LogP contribution in [0.25, 0.3) is 22.1 Å². The molecule has 0 aliphatic carbocycles.